The smallest absolute Gasteiger partial charge is 0.258 e. The fourth-order valence-electron chi connectivity index (χ4n) is 2.93. The number of fused-ring (bicyclic) bond motifs is 1. The van der Waals surface area contributed by atoms with Gasteiger partial charge in [0.05, 0.1) is 21.5 Å². The van der Waals surface area contributed by atoms with E-state index in [0.29, 0.717) is 15.9 Å². The molecule has 27 heavy (non-hydrogen) atoms. The Morgan fingerprint density at radius 2 is 2.00 bits per heavy atom. The summed E-state index contributed by atoms with van der Waals surface area (Å²) >= 11 is 12.0. The molecule has 2 heterocycles. The number of benzene rings is 1. The first-order chi connectivity index (χ1) is 12.8. The van der Waals surface area contributed by atoms with E-state index in [0.717, 1.165) is 27.9 Å². The molecule has 0 saturated heterocycles. The van der Waals surface area contributed by atoms with Gasteiger partial charge in [-0.15, -0.1) is 5.10 Å². The lowest BCUT2D eigenvalue weighted by molar-refractivity contribution is -0.123. The molecule has 1 unspecified atom stereocenters. The molecule has 0 saturated carbocycles. The van der Waals surface area contributed by atoms with Crippen LogP contribution >= 0.6 is 23.2 Å². The van der Waals surface area contributed by atoms with E-state index in [1.165, 1.54) is 0 Å². The molecule has 3 aromatic rings. The summed E-state index contributed by atoms with van der Waals surface area (Å²) in [7, 11) is 1.80. The van der Waals surface area contributed by atoms with Crippen LogP contribution < -0.4 is 10.1 Å². The van der Waals surface area contributed by atoms with Crippen LogP contribution in [0.2, 0.25) is 10.0 Å². The molecule has 0 fully saturated rings. The molecule has 1 amide bonds. The Balaban J connectivity index is 1.69. The second-order valence-corrected chi connectivity index (χ2v) is 7.27. The number of aryl methyl sites for hydroxylation is 3. The van der Waals surface area contributed by atoms with E-state index in [-0.39, 0.29) is 18.6 Å². The summed E-state index contributed by atoms with van der Waals surface area (Å²) in [5, 5.41) is 8.96. The number of carbonyl (C=O) groups excluding carboxylic acids is 1. The van der Waals surface area contributed by atoms with Crippen molar-refractivity contribution in [1.29, 1.82) is 0 Å². The number of amides is 1. The maximum absolute atomic E-state index is 12.3. The summed E-state index contributed by atoms with van der Waals surface area (Å²) in [6.45, 7) is 5.62. The van der Waals surface area contributed by atoms with Crippen LogP contribution in [0.1, 0.15) is 29.8 Å². The SMILES string of the molecule is Cc1cc(C)c2c(OCC(=O)NC(C)c3ccc(Cl)c(Cl)c3)nn(C)c2n1. The summed E-state index contributed by atoms with van der Waals surface area (Å²) in [4.78, 5) is 16.8. The molecular formula is C19H20Cl2N4O2. The molecular weight excluding hydrogens is 387 g/mol. The zero-order chi connectivity index (χ0) is 19.7. The fourth-order valence-corrected chi connectivity index (χ4v) is 3.24. The predicted molar refractivity (Wildman–Crippen MR) is 106 cm³/mol. The van der Waals surface area contributed by atoms with Crippen LogP contribution in [0.4, 0.5) is 0 Å². The number of nitrogens with one attached hydrogen (secondary N) is 1. The highest BCUT2D eigenvalue weighted by atomic mass is 35.5. The van der Waals surface area contributed by atoms with Crippen LogP contribution in [0, 0.1) is 13.8 Å². The van der Waals surface area contributed by atoms with Gasteiger partial charge in [-0.05, 0) is 50.1 Å². The van der Waals surface area contributed by atoms with Crippen LogP contribution in [0.5, 0.6) is 5.88 Å². The molecule has 1 N–H and O–H groups in total. The Hall–Kier alpha value is -2.31. The largest absolute Gasteiger partial charge is 0.466 e. The van der Waals surface area contributed by atoms with Crippen LogP contribution in [0.3, 0.4) is 0 Å². The zero-order valence-electron chi connectivity index (χ0n) is 15.5. The number of aromatic nitrogens is 3. The number of nitrogens with zero attached hydrogens (tertiary/aromatic N) is 3. The van der Waals surface area contributed by atoms with Gasteiger partial charge in [0.2, 0.25) is 5.88 Å². The lowest BCUT2D eigenvalue weighted by atomic mass is 10.1. The second kappa shape index (κ2) is 7.74. The molecule has 142 valence electrons. The molecule has 0 aliphatic rings. The molecule has 0 aliphatic carbocycles. The summed E-state index contributed by atoms with van der Waals surface area (Å²) in [5.74, 6) is 0.139. The quantitative estimate of drug-likeness (QED) is 0.690. The number of pyridine rings is 1. The summed E-state index contributed by atoms with van der Waals surface area (Å²) < 4.78 is 7.32. The molecule has 0 bridgehead atoms. The van der Waals surface area contributed by atoms with Crippen LogP contribution in [-0.4, -0.2) is 27.3 Å². The van der Waals surface area contributed by atoms with Crippen molar-refractivity contribution in [2.45, 2.75) is 26.8 Å². The number of carbonyl (C=O) groups is 1. The summed E-state index contributed by atoms with van der Waals surface area (Å²) in [5.41, 5.74) is 3.50. The second-order valence-electron chi connectivity index (χ2n) is 6.46. The van der Waals surface area contributed by atoms with Crippen molar-refractivity contribution in [1.82, 2.24) is 20.1 Å². The van der Waals surface area contributed by atoms with E-state index < -0.39 is 0 Å². The van der Waals surface area contributed by atoms with Gasteiger partial charge in [0.25, 0.3) is 5.91 Å². The average Bonchev–Trinajstić information content (AvgIpc) is 2.91. The van der Waals surface area contributed by atoms with Gasteiger partial charge in [-0.25, -0.2) is 9.67 Å². The molecule has 1 atom stereocenters. The minimum absolute atomic E-state index is 0.148. The van der Waals surface area contributed by atoms with Crippen molar-refractivity contribution in [3.8, 4) is 5.88 Å². The Morgan fingerprint density at radius 3 is 2.70 bits per heavy atom. The van der Waals surface area contributed by atoms with Gasteiger partial charge in [0, 0.05) is 12.7 Å². The van der Waals surface area contributed by atoms with Gasteiger partial charge in [0.15, 0.2) is 12.3 Å². The predicted octanol–water partition coefficient (Wildman–Crippen LogP) is 4.15. The highest BCUT2D eigenvalue weighted by Crippen LogP contribution is 2.27. The van der Waals surface area contributed by atoms with Gasteiger partial charge < -0.3 is 10.1 Å². The molecule has 1 aromatic carbocycles. The molecule has 8 heteroatoms. The lowest BCUT2D eigenvalue weighted by Gasteiger charge is -2.15. The van der Waals surface area contributed by atoms with Crippen LogP contribution in [-0.2, 0) is 11.8 Å². The van der Waals surface area contributed by atoms with E-state index in [2.05, 4.69) is 15.4 Å². The van der Waals surface area contributed by atoms with Gasteiger partial charge >= 0.3 is 0 Å². The van der Waals surface area contributed by atoms with Crippen LogP contribution in [0.15, 0.2) is 24.3 Å². The van der Waals surface area contributed by atoms with E-state index in [4.69, 9.17) is 27.9 Å². The lowest BCUT2D eigenvalue weighted by Crippen LogP contribution is -2.31. The minimum atomic E-state index is -0.259. The summed E-state index contributed by atoms with van der Waals surface area (Å²) in [6, 6.07) is 6.99. The van der Waals surface area contributed by atoms with Crippen molar-refractivity contribution in [3.05, 3.63) is 51.1 Å². The van der Waals surface area contributed by atoms with Crippen molar-refractivity contribution in [3.63, 3.8) is 0 Å². The Labute approximate surface area is 167 Å². The Kier molecular flexibility index (Phi) is 5.58. The zero-order valence-corrected chi connectivity index (χ0v) is 17.0. The van der Waals surface area contributed by atoms with Gasteiger partial charge in [-0.3, -0.25) is 4.79 Å². The molecule has 6 nitrogen and oxygen atoms in total. The molecule has 3 rings (SSSR count). The Bertz CT molecular complexity index is 1020. The maximum Gasteiger partial charge on any atom is 0.258 e. The van der Waals surface area contributed by atoms with Gasteiger partial charge in [0.1, 0.15) is 0 Å². The standard InChI is InChI=1S/C19H20Cl2N4O2/c1-10-7-11(2)22-18-17(10)19(24-25(18)4)27-9-16(26)23-12(3)13-5-6-14(20)15(21)8-13/h5-8,12H,9H2,1-4H3,(H,23,26). The number of halogens is 2. The minimum Gasteiger partial charge on any atom is -0.466 e. The average molecular weight is 407 g/mol. The van der Waals surface area contributed by atoms with Crippen molar-refractivity contribution in [2.24, 2.45) is 7.05 Å². The topological polar surface area (TPSA) is 69.0 Å². The molecule has 0 spiro atoms. The van der Waals surface area contributed by atoms with E-state index in [9.17, 15) is 4.79 Å². The van der Waals surface area contributed by atoms with Crippen molar-refractivity contribution in [2.75, 3.05) is 6.61 Å². The molecule has 2 aromatic heterocycles. The van der Waals surface area contributed by atoms with Crippen molar-refractivity contribution < 1.29 is 9.53 Å². The number of rotatable bonds is 5. The third-order valence-electron chi connectivity index (χ3n) is 4.25. The number of ether oxygens (including phenoxy) is 1. The Morgan fingerprint density at radius 1 is 1.26 bits per heavy atom. The first kappa shape index (κ1) is 19.5. The van der Waals surface area contributed by atoms with E-state index in [1.807, 2.05) is 32.9 Å². The first-order valence-corrected chi connectivity index (χ1v) is 9.20. The number of hydrogen-bond donors (Lipinski definition) is 1. The highest BCUT2D eigenvalue weighted by Gasteiger charge is 2.17. The number of hydrogen-bond acceptors (Lipinski definition) is 4. The van der Waals surface area contributed by atoms with Gasteiger partial charge in [-0.2, -0.15) is 0 Å². The van der Waals surface area contributed by atoms with E-state index in [1.54, 1.807) is 23.9 Å². The highest BCUT2D eigenvalue weighted by molar-refractivity contribution is 6.42. The van der Waals surface area contributed by atoms with Gasteiger partial charge in [-0.1, -0.05) is 29.3 Å². The van der Waals surface area contributed by atoms with E-state index >= 15 is 0 Å². The first-order valence-electron chi connectivity index (χ1n) is 8.44. The monoisotopic (exact) mass is 406 g/mol. The molecule has 0 aliphatic heterocycles. The maximum atomic E-state index is 12.3. The third kappa shape index (κ3) is 4.17. The van der Waals surface area contributed by atoms with Crippen LogP contribution in [0.25, 0.3) is 11.0 Å². The normalized spacial score (nSPS) is 12.2. The molecule has 0 radical (unpaired) electrons. The fraction of sp³-hybridized carbons (Fsp3) is 0.316. The third-order valence-corrected chi connectivity index (χ3v) is 4.99. The summed E-state index contributed by atoms with van der Waals surface area (Å²) in [6.07, 6.45) is 0. The van der Waals surface area contributed by atoms with Crippen molar-refractivity contribution >= 4 is 40.1 Å².